The standard InChI is InChI=1S/C18H19FN2O2S/c1-2-23-16-9-7-15(8-10-16)20-18(22)21-11-12-24-17(21)13-3-5-14(19)6-4-13/h3-10,17H,2,11-12H2,1H3,(H,20,22)/t17-/m1/s1. The molecule has 0 bridgehead atoms. The van der Waals surface area contributed by atoms with Crippen molar-refractivity contribution in [1.29, 1.82) is 0 Å². The van der Waals surface area contributed by atoms with Crippen LogP contribution in [0.5, 0.6) is 5.75 Å². The number of amides is 2. The largest absolute Gasteiger partial charge is 0.494 e. The highest BCUT2D eigenvalue weighted by Gasteiger charge is 2.30. The van der Waals surface area contributed by atoms with Crippen molar-refractivity contribution >= 4 is 23.5 Å². The lowest BCUT2D eigenvalue weighted by Crippen LogP contribution is -2.34. The minimum absolute atomic E-state index is 0.0895. The minimum atomic E-state index is -0.271. The van der Waals surface area contributed by atoms with Crippen molar-refractivity contribution in [3.63, 3.8) is 0 Å². The van der Waals surface area contributed by atoms with Crippen LogP contribution in [0.2, 0.25) is 0 Å². The van der Waals surface area contributed by atoms with Gasteiger partial charge in [0.05, 0.1) is 6.61 Å². The SMILES string of the molecule is CCOc1ccc(NC(=O)N2CCS[C@@H]2c2ccc(F)cc2)cc1. The Morgan fingerprint density at radius 1 is 1.25 bits per heavy atom. The molecule has 1 aliphatic rings. The number of ether oxygens (including phenoxy) is 1. The molecule has 126 valence electrons. The summed E-state index contributed by atoms with van der Waals surface area (Å²) in [5, 5.41) is 2.82. The van der Waals surface area contributed by atoms with E-state index in [4.69, 9.17) is 4.74 Å². The van der Waals surface area contributed by atoms with Crippen molar-refractivity contribution in [2.24, 2.45) is 0 Å². The number of carbonyl (C=O) groups excluding carboxylic acids is 1. The van der Waals surface area contributed by atoms with Gasteiger partial charge in [-0.25, -0.2) is 9.18 Å². The first kappa shape index (κ1) is 16.6. The molecule has 24 heavy (non-hydrogen) atoms. The van der Waals surface area contributed by atoms with Gasteiger partial charge in [-0.15, -0.1) is 11.8 Å². The van der Waals surface area contributed by atoms with Gasteiger partial charge in [0.25, 0.3) is 0 Å². The van der Waals surface area contributed by atoms with Gasteiger partial charge in [-0.05, 0) is 48.9 Å². The van der Waals surface area contributed by atoms with Gasteiger partial charge in [0.15, 0.2) is 0 Å². The van der Waals surface area contributed by atoms with Crippen molar-refractivity contribution in [2.45, 2.75) is 12.3 Å². The van der Waals surface area contributed by atoms with E-state index >= 15 is 0 Å². The molecule has 0 aliphatic carbocycles. The van der Waals surface area contributed by atoms with Gasteiger partial charge < -0.3 is 15.0 Å². The highest BCUT2D eigenvalue weighted by molar-refractivity contribution is 7.99. The summed E-state index contributed by atoms with van der Waals surface area (Å²) in [5.41, 5.74) is 1.65. The zero-order valence-corrected chi connectivity index (χ0v) is 14.2. The molecular formula is C18H19FN2O2S. The van der Waals surface area contributed by atoms with E-state index in [2.05, 4.69) is 5.32 Å². The molecule has 0 aromatic heterocycles. The average Bonchev–Trinajstić information content (AvgIpc) is 3.07. The number of rotatable bonds is 4. The second-order valence-corrected chi connectivity index (χ2v) is 6.54. The molecule has 3 rings (SSSR count). The maximum Gasteiger partial charge on any atom is 0.323 e. The number of thioether (sulfide) groups is 1. The Kier molecular flexibility index (Phi) is 5.25. The molecular weight excluding hydrogens is 327 g/mol. The van der Waals surface area contributed by atoms with Gasteiger partial charge in [0, 0.05) is 18.0 Å². The summed E-state index contributed by atoms with van der Waals surface area (Å²) in [6.45, 7) is 3.20. The normalized spacial score (nSPS) is 16.9. The number of urea groups is 1. The van der Waals surface area contributed by atoms with Crippen molar-refractivity contribution in [3.05, 3.63) is 59.9 Å². The third-order valence-electron chi connectivity index (χ3n) is 3.72. The van der Waals surface area contributed by atoms with Crippen LogP contribution in [0.3, 0.4) is 0 Å². The molecule has 6 heteroatoms. The number of benzene rings is 2. The Bertz CT molecular complexity index is 691. The Hall–Kier alpha value is -2.21. The number of nitrogens with one attached hydrogen (secondary N) is 1. The topological polar surface area (TPSA) is 41.6 Å². The zero-order chi connectivity index (χ0) is 16.9. The number of halogens is 1. The van der Waals surface area contributed by atoms with Gasteiger partial charge in [0.2, 0.25) is 0 Å². The van der Waals surface area contributed by atoms with Gasteiger partial charge in [-0.2, -0.15) is 0 Å². The highest BCUT2D eigenvalue weighted by Crippen LogP contribution is 2.38. The van der Waals surface area contributed by atoms with Crippen LogP contribution in [0.4, 0.5) is 14.9 Å². The van der Waals surface area contributed by atoms with Crippen molar-refractivity contribution in [3.8, 4) is 5.75 Å². The first-order valence-electron chi connectivity index (χ1n) is 7.85. The Labute approximate surface area is 145 Å². The summed E-state index contributed by atoms with van der Waals surface area (Å²) in [6.07, 6.45) is 0. The first-order chi connectivity index (χ1) is 11.7. The Balaban J connectivity index is 1.68. The molecule has 0 radical (unpaired) electrons. The van der Waals surface area contributed by atoms with Crippen molar-refractivity contribution in [2.75, 3.05) is 24.2 Å². The lowest BCUT2D eigenvalue weighted by molar-refractivity contribution is 0.214. The van der Waals surface area contributed by atoms with Crippen molar-refractivity contribution < 1.29 is 13.9 Å². The lowest BCUT2D eigenvalue weighted by atomic mass is 10.2. The summed E-state index contributed by atoms with van der Waals surface area (Å²) in [6, 6.07) is 13.5. The van der Waals surface area contributed by atoms with E-state index in [9.17, 15) is 9.18 Å². The second kappa shape index (κ2) is 7.57. The molecule has 4 nitrogen and oxygen atoms in total. The molecule has 2 aromatic carbocycles. The summed E-state index contributed by atoms with van der Waals surface area (Å²) < 4.78 is 18.5. The minimum Gasteiger partial charge on any atom is -0.494 e. The van der Waals surface area contributed by atoms with Crippen LogP contribution in [0, 0.1) is 5.82 Å². The maximum atomic E-state index is 13.1. The van der Waals surface area contributed by atoms with E-state index in [0.29, 0.717) is 13.2 Å². The summed E-state index contributed by atoms with van der Waals surface area (Å²) >= 11 is 1.68. The van der Waals surface area contributed by atoms with Crippen LogP contribution < -0.4 is 10.1 Å². The number of hydrogen-bond donors (Lipinski definition) is 1. The van der Waals surface area contributed by atoms with Crippen molar-refractivity contribution in [1.82, 2.24) is 4.90 Å². The van der Waals surface area contributed by atoms with E-state index in [1.54, 1.807) is 28.8 Å². The van der Waals surface area contributed by atoms with E-state index in [1.165, 1.54) is 12.1 Å². The lowest BCUT2D eigenvalue weighted by Gasteiger charge is -2.24. The molecule has 1 heterocycles. The molecule has 0 saturated carbocycles. The predicted octanol–water partition coefficient (Wildman–Crippen LogP) is 4.50. The van der Waals surface area contributed by atoms with Gasteiger partial charge in [0.1, 0.15) is 16.9 Å². The fourth-order valence-corrected chi connectivity index (χ4v) is 3.83. The average molecular weight is 346 g/mol. The molecule has 1 aliphatic heterocycles. The summed E-state index contributed by atoms with van der Waals surface area (Å²) in [4.78, 5) is 14.3. The molecule has 1 atom stereocenters. The monoisotopic (exact) mass is 346 g/mol. The zero-order valence-electron chi connectivity index (χ0n) is 13.4. The summed E-state index contributed by atoms with van der Waals surface area (Å²) in [7, 11) is 0. The third kappa shape index (κ3) is 3.82. The van der Waals surface area contributed by atoms with Gasteiger partial charge in [-0.3, -0.25) is 0 Å². The molecule has 1 N–H and O–H groups in total. The van der Waals surface area contributed by atoms with E-state index < -0.39 is 0 Å². The number of hydrogen-bond acceptors (Lipinski definition) is 3. The third-order valence-corrected chi connectivity index (χ3v) is 4.98. The Morgan fingerprint density at radius 2 is 1.96 bits per heavy atom. The van der Waals surface area contributed by atoms with Gasteiger partial charge in [-0.1, -0.05) is 12.1 Å². The number of carbonyl (C=O) groups is 1. The fourth-order valence-electron chi connectivity index (χ4n) is 2.58. The molecule has 0 spiro atoms. The smallest absolute Gasteiger partial charge is 0.323 e. The first-order valence-corrected chi connectivity index (χ1v) is 8.90. The van der Waals surface area contributed by atoms with Crippen LogP contribution in [0.1, 0.15) is 17.9 Å². The van der Waals surface area contributed by atoms with Crippen LogP contribution in [-0.2, 0) is 0 Å². The molecule has 0 unspecified atom stereocenters. The maximum absolute atomic E-state index is 13.1. The quantitative estimate of drug-likeness (QED) is 0.886. The fraction of sp³-hybridized carbons (Fsp3) is 0.278. The van der Waals surface area contributed by atoms with Crippen LogP contribution in [0.15, 0.2) is 48.5 Å². The molecule has 2 aromatic rings. The number of nitrogens with zero attached hydrogens (tertiary/aromatic N) is 1. The molecule has 1 fully saturated rings. The van der Waals surface area contributed by atoms with E-state index in [-0.39, 0.29) is 17.2 Å². The van der Waals surface area contributed by atoms with Gasteiger partial charge >= 0.3 is 6.03 Å². The molecule has 2 amide bonds. The Morgan fingerprint density at radius 3 is 2.62 bits per heavy atom. The van der Waals surface area contributed by atoms with E-state index in [0.717, 1.165) is 22.8 Å². The van der Waals surface area contributed by atoms with E-state index in [1.807, 2.05) is 31.2 Å². The molecule has 1 saturated heterocycles. The van der Waals surface area contributed by atoms with Crippen LogP contribution in [0.25, 0.3) is 0 Å². The number of anilines is 1. The van der Waals surface area contributed by atoms with Crippen LogP contribution in [-0.4, -0.2) is 29.8 Å². The second-order valence-electron chi connectivity index (χ2n) is 5.36. The summed E-state index contributed by atoms with van der Waals surface area (Å²) in [5.74, 6) is 1.36. The van der Waals surface area contributed by atoms with Crippen LogP contribution >= 0.6 is 11.8 Å². The highest BCUT2D eigenvalue weighted by atomic mass is 32.2. The predicted molar refractivity (Wildman–Crippen MR) is 94.9 cm³/mol.